The molecule has 116 valence electrons. The standard InChI is InChI=1S/C16H25N3O2/c17-15(13-14-5-2-1-3-6-14)16(21)19-8-4-7-18(9-10-19)11-12-20/h1-3,5-6,15,20H,4,7-13,17H2/t15-/m0/s1. The normalized spacial score (nSPS) is 18.3. The summed E-state index contributed by atoms with van der Waals surface area (Å²) in [4.78, 5) is 16.5. The Labute approximate surface area is 126 Å². The molecule has 0 spiro atoms. The van der Waals surface area contributed by atoms with Gasteiger partial charge in [-0.05, 0) is 24.9 Å². The molecule has 3 N–H and O–H groups in total. The second kappa shape index (κ2) is 8.12. The van der Waals surface area contributed by atoms with Gasteiger partial charge in [-0.2, -0.15) is 0 Å². The number of benzene rings is 1. The number of aliphatic hydroxyl groups excluding tert-OH is 1. The topological polar surface area (TPSA) is 69.8 Å². The number of amides is 1. The summed E-state index contributed by atoms with van der Waals surface area (Å²) in [5.41, 5.74) is 7.17. The van der Waals surface area contributed by atoms with Crippen LogP contribution in [0.15, 0.2) is 30.3 Å². The van der Waals surface area contributed by atoms with Crippen molar-refractivity contribution >= 4 is 5.91 Å². The molecule has 1 aliphatic heterocycles. The Balaban J connectivity index is 1.87. The van der Waals surface area contributed by atoms with Crippen LogP contribution in [-0.4, -0.2) is 66.2 Å². The van der Waals surface area contributed by atoms with E-state index in [1.807, 2.05) is 35.2 Å². The summed E-state index contributed by atoms with van der Waals surface area (Å²) in [5, 5.41) is 9.00. The molecule has 1 aromatic carbocycles. The predicted octanol–water partition coefficient (Wildman–Crippen LogP) is 0.0830. The van der Waals surface area contributed by atoms with Gasteiger partial charge in [0.1, 0.15) is 0 Å². The van der Waals surface area contributed by atoms with E-state index < -0.39 is 6.04 Å². The third-order valence-electron chi connectivity index (χ3n) is 3.93. The lowest BCUT2D eigenvalue weighted by Gasteiger charge is -2.24. The minimum Gasteiger partial charge on any atom is -0.395 e. The minimum atomic E-state index is -0.475. The quantitative estimate of drug-likeness (QED) is 0.806. The molecular weight excluding hydrogens is 266 g/mol. The zero-order valence-corrected chi connectivity index (χ0v) is 12.4. The number of β-amino-alcohol motifs (C(OH)–C–C–N with tert-alkyl or cyclic N) is 1. The molecule has 0 unspecified atom stereocenters. The Bertz CT molecular complexity index is 438. The zero-order valence-electron chi connectivity index (χ0n) is 12.4. The average Bonchev–Trinajstić information content (AvgIpc) is 2.73. The summed E-state index contributed by atoms with van der Waals surface area (Å²) in [6.07, 6.45) is 1.51. The van der Waals surface area contributed by atoms with Crippen molar-refractivity contribution in [3.8, 4) is 0 Å². The number of hydrogen-bond acceptors (Lipinski definition) is 4. The molecule has 1 aliphatic rings. The highest BCUT2D eigenvalue weighted by Gasteiger charge is 2.23. The fourth-order valence-electron chi connectivity index (χ4n) is 2.75. The number of hydrogen-bond donors (Lipinski definition) is 2. The molecule has 0 saturated carbocycles. The second-order valence-electron chi connectivity index (χ2n) is 5.54. The van der Waals surface area contributed by atoms with Crippen LogP contribution >= 0.6 is 0 Å². The summed E-state index contributed by atoms with van der Waals surface area (Å²) in [6, 6.07) is 9.41. The van der Waals surface area contributed by atoms with Crippen molar-refractivity contribution < 1.29 is 9.90 Å². The number of nitrogens with two attached hydrogens (primary N) is 1. The van der Waals surface area contributed by atoms with Crippen LogP contribution in [-0.2, 0) is 11.2 Å². The lowest BCUT2D eigenvalue weighted by atomic mass is 10.1. The van der Waals surface area contributed by atoms with Crippen LogP contribution < -0.4 is 5.73 Å². The van der Waals surface area contributed by atoms with Gasteiger partial charge in [0.2, 0.25) is 5.91 Å². The average molecular weight is 291 g/mol. The molecule has 0 bridgehead atoms. The lowest BCUT2D eigenvalue weighted by molar-refractivity contribution is -0.132. The molecule has 0 aromatic heterocycles. The first kappa shape index (κ1) is 15.9. The van der Waals surface area contributed by atoms with Gasteiger partial charge in [0.25, 0.3) is 0 Å². The molecule has 0 radical (unpaired) electrons. The summed E-state index contributed by atoms with van der Waals surface area (Å²) in [7, 11) is 0. The lowest BCUT2D eigenvalue weighted by Crippen LogP contribution is -2.46. The van der Waals surface area contributed by atoms with Crippen molar-refractivity contribution in [2.45, 2.75) is 18.9 Å². The van der Waals surface area contributed by atoms with Crippen LogP contribution in [0.4, 0.5) is 0 Å². The van der Waals surface area contributed by atoms with E-state index in [1.165, 1.54) is 0 Å². The summed E-state index contributed by atoms with van der Waals surface area (Å²) >= 11 is 0. The van der Waals surface area contributed by atoms with Crippen molar-refractivity contribution in [3.63, 3.8) is 0 Å². The Morgan fingerprint density at radius 1 is 1.19 bits per heavy atom. The van der Waals surface area contributed by atoms with Crippen LogP contribution in [0, 0.1) is 0 Å². The number of carbonyl (C=O) groups is 1. The first-order valence-electron chi connectivity index (χ1n) is 7.62. The smallest absolute Gasteiger partial charge is 0.239 e. The van der Waals surface area contributed by atoms with Crippen LogP contribution in [0.3, 0.4) is 0 Å². The van der Waals surface area contributed by atoms with Crippen LogP contribution in [0.1, 0.15) is 12.0 Å². The highest BCUT2D eigenvalue weighted by molar-refractivity contribution is 5.82. The van der Waals surface area contributed by atoms with Gasteiger partial charge in [0, 0.05) is 26.2 Å². The Morgan fingerprint density at radius 2 is 1.95 bits per heavy atom. The molecule has 5 nitrogen and oxygen atoms in total. The maximum absolute atomic E-state index is 12.5. The fourth-order valence-corrected chi connectivity index (χ4v) is 2.75. The molecule has 1 aromatic rings. The molecule has 1 atom stereocenters. The van der Waals surface area contributed by atoms with E-state index in [1.54, 1.807) is 0 Å². The third-order valence-corrected chi connectivity index (χ3v) is 3.93. The second-order valence-corrected chi connectivity index (χ2v) is 5.54. The summed E-state index contributed by atoms with van der Waals surface area (Å²) in [5.74, 6) is 0.0321. The van der Waals surface area contributed by atoms with E-state index in [-0.39, 0.29) is 12.5 Å². The van der Waals surface area contributed by atoms with E-state index >= 15 is 0 Å². The van der Waals surface area contributed by atoms with E-state index in [0.29, 0.717) is 19.5 Å². The molecule has 1 fully saturated rings. The minimum absolute atomic E-state index is 0.0321. The van der Waals surface area contributed by atoms with E-state index in [4.69, 9.17) is 10.8 Å². The van der Waals surface area contributed by atoms with Gasteiger partial charge in [-0.3, -0.25) is 9.69 Å². The van der Waals surface area contributed by atoms with Crippen molar-refractivity contribution in [2.75, 3.05) is 39.3 Å². The van der Waals surface area contributed by atoms with Crippen molar-refractivity contribution in [1.29, 1.82) is 0 Å². The number of rotatable bonds is 5. The number of carbonyl (C=O) groups excluding carboxylic acids is 1. The Kier molecular flexibility index (Phi) is 6.17. The predicted molar refractivity (Wildman–Crippen MR) is 82.8 cm³/mol. The highest BCUT2D eigenvalue weighted by Crippen LogP contribution is 2.08. The van der Waals surface area contributed by atoms with Gasteiger partial charge in [-0.1, -0.05) is 30.3 Å². The van der Waals surface area contributed by atoms with Gasteiger partial charge in [0.15, 0.2) is 0 Å². The van der Waals surface area contributed by atoms with Gasteiger partial charge in [-0.15, -0.1) is 0 Å². The van der Waals surface area contributed by atoms with Gasteiger partial charge < -0.3 is 15.7 Å². The monoisotopic (exact) mass is 291 g/mol. The maximum atomic E-state index is 12.5. The zero-order chi connectivity index (χ0) is 15.1. The largest absolute Gasteiger partial charge is 0.395 e. The van der Waals surface area contributed by atoms with Gasteiger partial charge in [-0.25, -0.2) is 0 Å². The first-order valence-corrected chi connectivity index (χ1v) is 7.62. The van der Waals surface area contributed by atoms with Crippen LogP contribution in [0.2, 0.25) is 0 Å². The van der Waals surface area contributed by atoms with Gasteiger partial charge in [0.05, 0.1) is 12.6 Å². The molecule has 1 saturated heterocycles. The van der Waals surface area contributed by atoms with E-state index in [9.17, 15) is 4.79 Å². The number of aliphatic hydroxyl groups is 1. The molecule has 1 amide bonds. The van der Waals surface area contributed by atoms with E-state index in [0.717, 1.165) is 31.6 Å². The van der Waals surface area contributed by atoms with Gasteiger partial charge >= 0.3 is 0 Å². The highest BCUT2D eigenvalue weighted by atomic mass is 16.3. The fraction of sp³-hybridized carbons (Fsp3) is 0.562. The maximum Gasteiger partial charge on any atom is 0.239 e. The van der Waals surface area contributed by atoms with Crippen LogP contribution in [0.25, 0.3) is 0 Å². The molecule has 21 heavy (non-hydrogen) atoms. The molecule has 2 rings (SSSR count). The van der Waals surface area contributed by atoms with Crippen LogP contribution in [0.5, 0.6) is 0 Å². The first-order chi connectivity index (χ1) is 10.2. The molecular formula is C16H25N3O2. The number of nitrogens with zero attached hydrogens (tertiary/aromatic N) is 2. The van der Waals surface area contributed by atoms with Crippen molar-refractivity contribution in [2.24, 2.45) is 5.73 Å². The summed E-state index contributed by atoms with van der Waals surface area (Å²) in [6.45, 7) is 4.03. The van der Waals surface area contributed by atoms with Crippen molar-refractivity contribution in [3.05, 3.63) is 35.9 Å². The Hall–Kier alpha value is -1.43. The van der Waals surface area contributed by atoms with Crippen molar-refractivity contribution in [1.82, 2.24) is 9.80 Å². The summed E-state index contributed by atoms with van der Waals surface area (Å²) < 4.78 is 0. The Morgan fingerprint density at radius 3 is 2.67 bits per heavy atom. The molecule has 5 heteroatoms. The molecule has 1 heterocycles. The molecule has 0 aliphatic carbocycles. The SMILES string of the molecule is N[C@@H](Cc1ccccc1)C(=O)N1CCCN(CCO)CC1. The van der Waals surface area contributed by atoms with E-state index in [2.05, 4.69) is 4.90 Å². The third kappa shape index (κ3) is 4.81.